The fraction of sp³-hybridized carbons (Fsp3) is 0.652. The Bertz CT molecular complexity index is 743. The number of carbonyl (C=O) groups excluding carboxylic acids is 1. The second-order valence-electron chi connectivity index (χ2n) is 9.46. The van der Waals surface area contributed by atoms with Crippen molar-refractivity contribution in [3.8, 4) is 0 Å². The van der Waals surface area contributed by atoms with Gasteiger partial charge >= 0.3 is 6.09 Å². The summed E-state index contributed by atoms with van der Waals surface area (Å²) in [7, 11) is 0. The van der Waals surface area contributed by atoms with Gasteiger partial charge in [0, 0.05) is 31.1 Å². The third-order valence-corrected chi connectivity index (χ3v) is 5.43. The molecule has 2 aliphatic heterocycles. The van der Waals surface area contributed by atoms with Crippen LogP contribution in [0.4, 0.5) is 4.79 Å². The molecule has 3 rings (SSSR count). The van der Waals surface area contributed by atoms with Crippen molar-refractivity contribution >= 4 is 36.0 Å². The number of fused-ring (bicyclic) bond motifs is 2. The lowest BCUT2D eigenvalue weighted by molar-refractivity contribution is 0.00545. The number of rotatable bonds is 6. The van der Waals surface area contributed by atoms with Crippen LogP contribution in [0.15, 0.2) is 40.0 Å². The van der Waals surface area contributed by atoms with Crippen LogP contribution >= 0.6 is 24.0 Å². The molecule has 2 bridgehead atoms. The predicted octanol–water partition coefficient (Wildman–Crippen LogP) is 4.48. The number of guanidine groups is 1. The van der Waals surface area contributed by atoms with Gasteiger partial charge in [-0.25, -0.2) is 9.79 Å². The summed E-state index contributed by atoms with van der Waals surface area (Å²) in [5.41, 5.74) is 0.549. The quantitative estimate of drug-likeness (QED) is 0.239. The van der Waals surface area contributed by atoms with Crippen LogP contribution in [0.3, 0.4) is 0 Å². The van der Waals surface area contributed by atoms with Crippen molar-refractivity contribution in [1.29, 1.82) is 0 Å². The number of amides is 1. The smallest absolute Gasteiger partial charge is 0.410 e. The number of aliphatic imine (C=N–C) groups is 1. The Labute approximate surface area is 203 Å². The highest BCUT2D eigenvalue weighted by Crippen LogP contribution is 2.36. The van der Waals surface area contributed by atoms with E-state index in [9.17, 15) is 4.79 Å². The van der Waals surface area contributed by atoms with Gasteiger partial charge in [-0.1, -0.05) is 12.2 Å². The molecule has 2 fully saturated rings. The molecule has 0 spiro atoms. The maximum Gasteiger partial charge on any atom is 0.410 e. The standard InChI is InChI=1S/C23H36N4O3.HI/c1-16(2)15-25-21(24-11-10-20-7-6-12-29-20)26-17-13-18-8-9-19(14-17)27(18)22(28)30-23(3,4)5;/h6-7,12,17-19H,1,8-11,13-15H2,2-5H3,(H2,24,25,26);1H. The van der Waals surface area contributed by atoms with E-state index in [1.54, 1.807) is 6.26 Å². The molecule has 2 unspecified atom stereocenters. The Hall–Kier alpha value is -1.71. The molecule has 2 atom stereocenters. The van der Waals surface area contributed by atoms with Gasteiger partial charge in [-0.15, -0.1) is 24.0 Å². The number of nitrogens with zero attached hydrogens (tertiary/aromatic N) is 2. The van der Waals surface area contributed by atoms with E-state index >= 15 is 0 Å². The lowest BCUT2D eigenvalue weighted by Gasteiger charge is -2.40. The van der Waals surface area contributed by atoms with Gasteiger partial charge in [0.2, 0.25) is 0 Å². The van der Waals surface area contributed by atoms with Gasteiger partial charge in [0.15, 0.2) is 5.96 Å². The minimum atomic E-state index is -0.466. The third-order valence-electron chi connectivity index (χ3n) is 5.43. The third kappa shape index (κ3) is 7.73. The van der Waals surface area contributed by atoms with E-state index in [4.69, 9.17) is 9.15 Å². The van der Waals surface area contributed by atoms with Crippen LogP contribution in [-0.2, 0) is 11.2 Å². The molecule has 2 saturated heterocycles. The van der Waals surface area contributed by atoms with Gasteiger partial charge in [0.1, 0.15) is 11.4 Å². The lowest BCUT2D eigenvalue weighted by atomic mass is 9.98. The number of hydrogen-bond acceptors (Lipinski definition) is 4. The van der Waals surface area contributed by atoms with E-state index in [0.29, 0.717) is 6.54 Å². The molecule has 7 nitrogen and oxygen atoms in total. The number of halogens is 1. The van der Waals surface area contributed by atoms with Gasteiger partial charge in [-0.05, 0) is 65.5 Å². The summed E-state index contributed by atoms with van der Waals surface area (Å²) in [5, 5.41) is 7.00. The van der Waals surface area contributed by atoms with Crippen molar-refractivity contribution in [3.05, 3.63) is 36.3 Å². The zero-order valence-corrected chi connectivity index (χ0v) is 21.5. The number of furan rings is 1. The van der Waals surface area contributed by atoms with E-state index in [0.717, 1.165) is 55.9 Å². The Morgan fingerprint density at radius 3 is 2.55 bits per heavy atom. The van der Waals surface area contributed by atoms with Gasteiger partial charge in [-0.2, -0.15) is 0 Å². The van der Waals surface area contributed by atoms with Crippen molar-refractivity contribution in [3.63, 3.8) is 0 Å². The molecule has 1 aromatic rings. The Kier molecular flexibility index (Phi) is 9.27. The molecular formula is C23H37IN4O3. The van der Waals surface area contributed by atoms with E-state index in [1.807, 2.05) is 44.7 Å². The minimum Gasteiger partial charge on any atom is -0.469 e. The van der Waals surface area contributed by atoms with E-state index in [2.05, 4.69) is 22.2 Å². The average Bonchev–Trinajstić information content (AvgIpc) is 3.24. The number of hydrogen-bond donors (Lipinski definition) is 2. The maximum atomic E-state index is 12.7. The SMILES string of the molecule is C=C(C)CN=C(NCCc1ccco1)NC1CC2CCC(C1)N2C(=O)OC(C)(C)C.I. The molecule has 0 saturated carbocycles. The van der Waals surface area contributed by atoms with Gasteiger partial charge < -0.3 is 24.7 Å². The molecular weight excluding hydrogens is 507 g/mol. The number of piperidine rings is 1. The molecule has 0 radical (unpaired) electrons. The number of carbonyl (C=O) groups is 1. The molecule has 31 heavy (non-hydrogen) atoms. The molecule has 3 heterocycles. The normalized spacial score (nSPS) is 23.2. The summed E-state index contributed by atoms with van der Waals surface area (Å²) >= 11 is 0. The van der Waals surface area contributed by atoms with E-state index in [1.165, 1.54) is 0 Å². The summed E-state index contributed by atoms with van der Waals surface area (Å²) in [4.78, 5) is 19.3. The van der Waals surface area contributed by atoms with Gasteiger partial charge in [0.05, 0.1) is 12.8 Å². The topological polar surface area (TPSA) is 79.1 Å². The lowest BCUT2D eigenvalue weighted by Crippen LogP contribution is -2.55. The van der Waals surface area contributed by atoms with Crippen LogP contribution < -0.4 is 10.6 Å². The molecule has 0 aliphatic carbocycles. The summed E-state index contributed by atoms with van der Waals surface area (Å²) in [6.07, 6.45) is 6.18. The average molecular weight is 544 g/mol. The van der Waals surface area contributed by atoms with Crippen LogP contribution in [0.2, 0.25) is 0 Å². The minimum absolute atomic E-state index is 0. The first kappa shape index (κ1) is 25.5. The Morgan fingerprint density at radius 1 is 1.32 bits per heavy atom. The van der Waals surface area contributed by atoms with Gasteiger partial charge in [0.25, 0.3) is 0 Å². The Balaban J connectivity index is 0.00000341. The zero-order chi connectivity index (χ0) is 21.7. The van der Waals surface area contributed by atoms with Gasteiger partial charge in [-0.3, -0.25) is 0 Å². The molecule has 174 valence electrons. The highest BCUT2D eigenvalue weighted by atomic mass is 127. The van der Waals surface area contributed by atoms with Crippen LogP contribution in [-0.4, -0.2) is 53.8 Å². The summed E-state index contributed by atoms with van der Waals surface area (Å²) < 4.78 is 11.0. The summed E-state index contributed by atoms with van der Waals surface area (Å²) in [5.74, 6) is 1.74. The van der Waals surface area contributed by atoms with E-state index in [-0.39, 0.29) is 48.2 Å². The highest BCUT2D eigenvalue weighted by molar-refractivity contribution is 14.0. The van der Waals surface area contributed by atoms with Crippen LogP contribution in [0.5, 0.6) is 0 Å². The predicted molar refractivity (Wildman–Crippen MR) is 134 cm³/mol. The molecule has 2 aliphatic rings. The first-order valence-electron chi connectivity index (χ1n) is 10.9. The molecule has 8 heteroatoms. The van der Waals surface area contributed by atoms with Crippen molar-refractivity contribution in [2.45, 2.75) is 83.5 Å². The summed E-state index contributed by atoms with van der Waals surface area (Å²) in [6, 6.07) is 4.60. The first-order chi connectivity index (χ1) is 14.2. The molecule has 1 amide bonds. The van der Waals surface area contributed by atoms with Crippen molar-refractivity contribution < 1.29 is 13.9 Å². The van der Waals surface area contributed by atoms with Crippen molar-refractivity contribution in [1.82, 2.24) is 15.5 Å². The zero-order valence-electron chi connectivity index (χ0n) is 19.1. The monoisotopic (exact) mass is 544 g/mol. The largest absolute Gasteiger partial charge is 0.469 e. The molecule has 2 N–H and O–H groups in total. The van der Waals surface area contributed by atoms with Crippen LogP contribution in [0, 0.1) is 0 Å². The number of ether oxygens (including phenoxy) is 1. The molecule has 1 aromatic heterocycles. The second kappa shape index (κ2) is 11.2. The van der Waals surface area contributed by atoms with Crippen LogP contribution in [0.1, 0.15) is 59.1 Å². The van der Waals surface area contributed by atoms with E-state index < -0.39 is 5.60 Å². The number of nitrogens with one attached hydrogen (secondary N) is 2. The van der Waals surface area contributed by atoms with Crippen molar-refractivity contribution in [2.75, 3.05) is 13.1 Å². The maximum absolute atomic E-state index is 12.7. The fourth-order valence-electron chi connectivity index (χ4n) is 4.23. The fourth-order valence-corrected chi connectivity index (χ4v) is 4.23. The molecule has 0 aromatic carbocycles. The summed E-state index contributed by atoms with van der Waals surface area (Å²) in [6.45, 7) is 13.0. The Morgan fingerprint density at radius 2 is 2.00 bits per heavy atom. The first-order valence-corrected chi connectivity index (χ1v) is 10.9. The van der Waals surface area contributed by atoms with Crippen LogP contribution in [0.25, 0.3) is 0 Å². The highest BCUT2D eigenvalue weighted by Gasteiger charge is 2.45. The van der Waals surface area contributed by atoms with Crippen molar-refractivity contribution in [2.24, 2.45) is 4.99 Å². The second-order valence-corrected chi connectivity index (χ2v) is 9.46.